The van der Waals surface area contributed by atoms with E-state index in [4.69, 9.17) is 14.5 Å². The average Bonchev–Trinajstić information content (AvgIpc) is 3.36. The Balaban J connectivity index is 1.51. The van der Waals surface area contributed by atoms with Gasteiger partial charge in [-0.25, -0.2) is 9.78 Å². The molecule has 0 bridgehead atoms. The normalized spacial score (nSPS) is 15.2. The predicted molar refractivity (Wildman–Crippen MR) is 169 cm³/mol. The van der Waals surface area contributed by atoms with E-state index in [1.807, 2.05) is 68.5 Å². The summed E-state index contributed by atoms with van der Waals surface area (Å²) >= 11 is 1.61. The monoisotopic (exact) mass is 586 g/mol. The first-order valence-electron chi connectivity index (χ1n) is 14.9. The molecule has 6 nitrogen and oxygen atoms in total. The lowest BCUT2D eigenvalue weighted by Crippen LogP contribution is -2.35. The minimum atomic E-state index is -0.317. The molecule has 3 aromatic rings. The number of benzene rings is 2. The summed E-state index contributed by atoms with van der Waals surface area (Å²) in [7, 11) is 0. The van der Waals surface area contributed by atoms with Crippen LogP contribution in [0.1, 0.15) is 85.6 Å². The van der Waals surface area contributed by atoms with Crippen LogP contribution in [0.2, 0.25) is 0 Å². The first kappa shape index (κ1) is 31.2. The molecule has 0 radical (unpaired) electrons. The van der Waals surface area contributed by atoms with Crippen molar-refractivity contribution in [2.24, 2.45) is 5.92 Å². The van der Waals surface area contributed by atoms with Gasteiger partial charge in [-0.05, 0) is 87.9 Å². The van der Waals surface area contributed by atoms with E-state index in [1.54, 1.807) is 25.2 Å². The van der Waals surface area contributed by atoms with Crippen molar-refractivity contribution in [3.63, 3.8) is 0 Å². The summed E-state index contributed by atoms with van der Waals surface area (Å²) in [6, 6.07) is 18.0. The van der Waals surface area contributed by atoms with Crippen LogP contribution in [0, 0.1) is 12.8 Å². The lowest BCUT2D eigenvalue weighted by atomic mass is 9.88. The quantitative estimate of drug-likeness (QED) is 0.133. The number of esters is 1. The third-order valence-corrected chi connectivity index (χ3v) is 8.56. The maximum atomic E-state index is 13.3. The summed E-state index contributed by atoms with van der Waals surface area (Å²) in [6.07, 6.45) is 9.75. The van der Waals surface area contributed by atoms with Gasteiger partial charge in [-0.3, -0.25) is 4.79 Å². The van der Waals surface area contributed by atoms with Crippen molar-refractivity contribution in [1.82, 2.24) is 10.3 Å². The lowest BCUT2D eigenvalue weighted by Gasteiger charge is -2.24. The van der Waals surface area contributed by atoms with Crippen LogP contribution in [0.3, 0.4) is 0 Å². The fourth-order valence-electron chi connectivity index (χ4n) is 5.17. The average molecular weight is 587 g/mol. The summed E-state index contributed by atoms with van der Waals surface area (Å²) in [5.74, 6) is 0.678. The van der Waals surface area contributed by atoms with Gasteiger partial charge in [-0.1, -0.05) is 61.7 Å². The smallest absolute Gasteiger partial charge is 0.333 e. The van der Waals surface area contributed by atoms with Gasteiger partial charge in [0.25, 0.3) is 0 Å². The Hall–Kier alpha value is -3.71. The molecule has 1 N–H and O–H groups in total. The van der Waals surface area contributed by atoms with E-state index in [9.17, 15) is 9.59 Å². The van der Waals surface area contributed by atoms with Gasteiger partial charge in [0.05, 0.1) is 18.3 Å². The van der Waals surface area contributed by atoms with Crippen LogP contribution < -0.4 is 10.1 Å². The highest BCUT2D eigenvalue weighted by Gasteiger charge is 2.26. The summed E-state index contributed by atoms with van der Waals surface area (Å²) in [5.41, 5.74) is 4.53. The zero-order chi connectivity index (χ0) is 29.9. The second-order valence-electron chi connectivity index (χ2n) is 10.9. The number of thiazole rings is 1. The first-order chi connectivity index (χ1) is 20.3. The molecule has 0 aliphatic heterocycles. The van der Waals surface area contributed by atoms with Crippen molar-refractivity contribution in [2.75, 3.05) is 6.61 Å². The largest absolute Gasteiger partial charge is 0.489 e. The molecule has 0 saturated heterocycles. The number of nitrogens with one attached hydrogen (secondary N) is 1. The Kier molecular flexibility index (Phi) is 11.5. The number of amides is 1. The van der Waals surface area contributed by atoms with E-state index in [0.29, 0.717) is 25.2 Å². The topological polar surface area (TPSA) is 77.5 Å². The Bertz CT molecular complexity index is 1390. The summed E-state index contributed by atoms with van der Waals surface area (Å²) in [5, 5.41) is 4.23. The minimum Gasteiger partial charge on any atom is -0.489 e. The van der Waals surface area contributed by atoms with Crippen LogP contribution >= 0.6 is 11.3 Å². The molecular formula is C35H42N2O4S. The number of carbonyl (C=O) groups excluding carboxylic acids is 2. The lowest BCUT2D eigenvalue weighted by molar-refractivity contribution is -0.138. The number of carbonyl (C=O) groups is 2. The fourth-order valence-corrected chi connectivity index (χ4v) is 6.12. The van der Waals surface area contributed by atoms with Crippen LogP contribution in [-0.4, -0.2) is 23.5 Å². The van der Waals surface area contributed by atoms with Crippen molar-refractivity contribution < 1.29 is 19.1 Å². The number of hydrogen-bond acceptors (Lipinski definition) is 6. The Morgan fingerprint density at radius 2 is 1.74 bits per heavy atom. The van der Waals surface area contributed by atoms with Gasteiger partial charge in [0, 0.05) is 16.4 Å². The molecule has 1 saturated carbocycles. The van der Waals surface area contributed by atoms with E-state index in [-0.39, 0.29) is 23.8 Å². The third-order valence-electron chi connectivity index (χ3n) is 7.46. The standard InChI is InChI=1S/C35H42N2O4S/c1-5-40-35(39)25(3)20-24(2)21-31-26(4)42-34(37-31)32(36-33(38)29-14-10-7-11-15-29)22-27-16-18-30(19-17-27)41-23-28-12-8-6-9-13-28/h6,8-9,12-13,16-21,29,32H,5,7,10-11,14-15,22-23H2,1-4H3,(H,36,38)/t32-/m0/s1. The van der Waals surface area contributed by atoms with Gasteiger partial charge in [-0.2, -0.15) is 0 Å². The summed E-state index contributed by atoms with van der Waals surface area (Å²) in [4.78, 5) is 31.4. The molecule has 222 valence electrons. The minimum absolute atomic E-state index is 0.0636. The fraction of sp³-hybridized carbons (Fsp3) is 0.400. The third kappa shape index (κ3) is 9.15. The second-order valence-corrected chi connectivity index (χ2v) is 12.2. The van der Waals surface area contributed by atoms with Crippen LogP contribution in [0.25, 0.3) is 6.08 Å². The van der Waals surface area contributed by atoms with E-state index in [0.717, 1.165) is 63.7 Å². The van der Waals surface area contributed by atoms with Crippen LogP contribution in [-0.2, 0) is 27.4 Å². The number of hydrogen-bond donors (Lipinski definition) is 1. The van der Waals surface area contributed by atoms with E-state index < -0.39 is 0 Å². The Labute approximate surface area is 253 Å². The zero-order valence-corrected chi connectivity index (χ0v) is 26.0. The van der Waals surface area contributed by atoms with E-state index in [2.05, 4.69) is 17.4 Å². The summed E-state index contributed by atoms with van der Waals surface area (Å²) in [6.45, 7) is 8.41. The van der Waals surface area contributed by atoms with Crippen LogP contribution in [0.5, 0.6) is 5.75 Å². The van der Waals surface area contributed by atoms with E-state index in [1.165, 1.54) is 6.42 Å². The van der Waals surface area contributed by atoms with E-state index >= 15 is 0 Å². The molecule has 4 rings (SSSR count). The van der Waals surface area contributed by atoms with Gasteiger partial charge >= 0.3 is 5.97 Å². The highest BCUT2D eigenvalue weighted by atomic mass is 32.1. The molecule has 1 amide bonds. The highest BCUT2D eigenvalue weighted by molar-refractivity contribution is 7.11. The van der Waals surface area contributed by atoms with Gasteiger partial charge in [0.15, 0.2) is 0 Å². The first-order valence-corrected chi connectivity index (χ1v) is 15.7. The number of rotatable bonds is 12. The molecule has 42 heavy (non-hydrogen) atoms. The Morgan fingerprint density at radius 1 is 1.02 bits per heavy atom. The van der Waals surface area contributed by atoms with Crippen molar-refractivity contribution in [1.29, 1.82) is 0 Å². The van der Waals surface area contributed by atoms with Crippen LogP contribution in [0.4, 0.5) is 0 Å². The molecule has 1 aliphatic rings. The number of ether oxygens (including phenoxy) is 2. The SMILES string of the molecule is CCOC(=O)C(C)=CC(C)=Cc1nc([C@H](Cc2ccc(OCc3ccccc3)cc2)NC(=O)C2CCCCC2)sc1C. The van der Waals surface area contributed by atoms with Gasteiger partial charge in [0.1, 0.15) is 17.4 Å². The highest BCUT2D eigenvalue weighted by Crippen LogP contribution is 2.30. The van der Waals surface area contributed by atoms with Gasteiger partial charge in [-0.15, -0.1) is 11.3 Å². The predicted octanol–water partition coefficient (Wildman–Crippen LogP) is 7.92. The molecule has 7 heteroatoms. The molecular weight excluding hydrogens is 544 g/mol. The maximum Gasteiger partial charge on any atom is 0.333 e. The molecule has 1 aromatic heterocycles. The molecule has 1 aliphatic carbocycles. The molecule has 1 heterocycles. The molecule has 0 spiro atoms. The number of allylic oxidation sites excluding steroid dienone is 2. The van der Waals surface area contributed by atoms with Crippen molar-refractivity contribution >= 4 is 29.3 Å². The summed E-state index contributed by atoms with van der Waals surface area (Å²) < 4.78 is 11.1. The van der Waals surface area contributed by atoms with Crippen LogP contribution in [0.15, 0.2) is 71.8 Å². The second kappa shape index (κ2) is 15.5. The molecule has 1 atom stereocenters. The number of nitrogens with zero attached hydrogens (tertiary/aromatic N) is 1. The van der Waals surface area contributed by atoms with Crippen molar-refractivity contribution in [3.05, 3.63) is 98.5 Å². The van der Waals surface area contributed by atoms with Gasteiger partial charge < -0.3 is 14.8 Å². The number of aryl methyl sites for hydroxylation is 1. The van der Waals surface area contributed by atoms with Gasteiger partial charge in [0.2, 0.25) is 5.91 Å². The molecule has 0 unspecified atom stereocenters. The molecule has 1 fully saturated rings. The maximum absolute atomic E-state index is 13.3. The number of aromatic nitrogens is 1. The van der Waals surface area contributed by atoms with Crippen molar-refractivity contribution in [3.8, 4) is 5.75 Å². The Morgan fingerprint density at radius 3 is 2.43 bits per heavy atom. The zero-order valence-electron chi connectivity index (χ0n) is 25.2. The molecule has 2 aromatic carbocycles. The van der Waals surface area contributed by atoms with Crippen molar-refractivity contribution in [2.45, 2.75) is 78.9 Å².